The molecular weight excluding hydrogens is 264 g/mol. The molecular formula is C15H9F2NO2. The van der Waals surface area contributed by atoms with Crippen molar-refractivity contribution in [3.63, 3.8) is 0 Å². The number of benzene rings is 1. The standard InChI is InChI=1S/C15H9F2NO2/c1-8-12-3-2-10(16)5-13(12)20-15(8)14(19)9-4-11(17)7-18-6-9/h2-7H,1H3. The number of hydrogen-bond donors (Lipinski definition) is 0. The van der Waals surface area contributed by atoms with E-state index in [-0.39, 0.29) is 16.9 Å². The largest absolute Gasteiger partial charge is 0.452 e. The van der Waals surface area contributed by atoms with Crippen LogP contribution in [0, 0.1) is 18.6 Å². The van der Waals surface area contributed by atoms with E-state index in [9.17, 15) is 13.6 Å². The van der Waals surface area contributed by atoms with E-state index < -0.39 is 17.4 Å². The minimum atomic E-state index is -0.601. The Labute approximate surface area is 112 Å². The fourth-order valence-electron chi connectivity index (χ4n) is 2.08. The third kappa shape index (κ3) is 1.97. The van der Waals surface area contributed by atoms with Crippen molar-refractivity contribution in [2.24, 2.45) is 0 Å². The van der Waals surface area contributed by atoms with Crippen LogP contribution in [0.3, 0.4) is 0 Å². The number of carbonyl (C=O) groups excluding carboxylic acids is 1. The second-order valence-electron chi connectivity index (χ2n) is 4.42. The Bertz CT molecular complexity index is 824. The summed E-state index contributed by atoms with van der Waals surface area (Å²) in [6.45, 7) is 1.70. The maximum absolute atomic E-state index is 13.2. The number of nitrogens with zero attached hydrogens (tertiary/aromatic N) is 1. The van der Waals surface area contributed by atoms with Gasteiger partial charge in [0.15, 0.2) is 5.76 Å². The molecule has 3 nitrogen and oxygen atoms in total. The average Bonchev–Trinajstić information content (AvgIpc) is 2.74. The van der Waals surface area contributed by atoms with Crippen LogP contribution in [0.2, 0.25) is 0 Å². The van der Waals surface area contributed by atoms with Crippen molar-refractivity contribution in [1.82, 2.24) is 4.98 Å². The maximum Gasteiger partial charge on any atom is 0.230 e. The van der Waals surface area contributed by atoms with E-state index in [2.05, 4.69) is 4.98 Å². The van der Waals surface area contributed by atoms with Crippen molar-refractivity contribution < 1.29 is 18.0 Å². The van der Waals surface area contributed by atoms with Gasteiger partial charge in [-0.1, -0.05) is 0 Å². The van der Waals surface area contributed by atoms with E-state index in [4.69, 9.17) is 4.42 Å². The van der Waals surface area contributed by atoms with Gasteiger partial charge in [-0.25, -0.2) is 8.78 Å². The van der Waals surface area contributed by atoms with Crippen LogP contribution in [0.4, 0.5) is 8.78 Å². The first-order valence-electron chi connectivity index (χ1n) is 5.90. The highest BCUT2D eigenvalue weighted by Crippen LogP contribution is 2.27. The van der Waals surface area contributed by atoms with Crippen LogP contribution >= 0.6 is 0 Å². The lowest BCUT2D eigenvalue weighted by Gasteiger charge is -1.98. The van der Waals surface area contributed by atoms with E-state index in [1.165, 1.54) is 18.3 Å². The molecule has 2 aromatic heterocycles. The summed E-state index contributed by atoms with van der Waals surface area (Å²) < 4.78 is 31.7. The van der Waals surface area contributed by atoms with Gasteiger partial charge in [0.25, 0.3) is 0 Å². The molecule has 20 heavy (non-hydrogen) atoms. The van der Waals surface area contributed by atoms with E-state index >= 15 is 0 Å². The first kappa shape index (κ1) is 12.5. The summed E-state index contributed by atoms with van der Waals surface area (Å²) >= 11 is 0. The highest BCUT2D eigenvalue weighted by atomic mass is 19.1. The van der Waals surface area contributed by atoms with Crippen LogP contribution in [0.1, 0.15) is 21.7 Å². The summed E-state index contributed by atoms with van der Waals surface area (Å²) in [5.41, 5.74) is 0.970. The second kappa shape index (κ2) is 4.52. The highest BCUT2D eigenvalue weighted by Gasteiger charge is 2.20. The molecule has 2 heterocycles. The summed E-state index contributed by atoms with van der Waals surface area (Å²) in [5, 5.41) is 0.652. The van der Waals surface area contributed by atoms with Gasteiger partial charge >= 0.3 is 0 Å². The van der Waals surface area contributed by atoms with E-state index in [1.807, 2.05) is 0 Å². The van der Waals surface area contributed by atoms with Crippen molar-refractivity contribution in [3.8, 4) is 0 Å². The van der Waals surface area contributed by atoms with Crippen LogP contribution in [-0.4, -0.2) is 10.8 Å². The van der Waals surface area contributed by atoms with Gasteiger partial charge in [-0.15, -0.1) is 0 Å². The lowest BCUT2D eigenvalue weighted by atomic mass is 10.1. The first-order chi connectivity index (χ1) is 9.56. The molecule has 0 radical (unpaired) electrons. The SMILES string of the molecule is Cc1c(C(=O)c2cncc(F)c2)oc2cc(F)ccc12. The zero-order valence-electron chi connectivity index (χ0n) is 10.5. The molecule has 1 aromatic carbocycles. The summed E-state index contributed by atoms with van der Waals surface area (Å²) in [4.78, 5) is 15.9. The Kier molecular flexibility index (Phi) is 2.82. The Morgan fingerprint density at radius 1 is 1.15 bits per heavy atom. The number of furan rings is 1. The van der Waals surface area contributed by atoms with Crippen LogP contribution < -0.4 is 0 Å². The number of hydrogen-bond acceptors (Lipinski definition) is 3. The molecule has 0 saturated heterocycles. The van der Waals surface area contributed by atoms with Crippen LogP contribution in [0.5, 0.6) is 0 Å². The maximum atomic E-state index is 13.2. The van der Waals surface area contributed by atoms with Crippen LogP contribution in [0.25, 0.3) is 11.0 Å². The molecule has 5 heteroatoms. The number of rotatable bonds is 2. The zero-order chi connectivity index (χ0) is 14.3. The molecule has 0 atom stereocenters. The van der Waals surface area contributed by atoms with Gasteiger partial charge in [0, 0.05) is 28.8 Å². The smallest absolute Gasteiger partial charge is 0.230 e. The molecule has 0 saturated carbocycles. The highest BCUT2D eigenvalue weighted by molar-refractivity contribution is 6.10. The summed E-state index contributed by atoms with van der Waals surface area (Å²) in [7, 11) is 0. The van der Waals surface area contributed by atoms with Gasteiger partial charge in [0.05, 0.1) is 6.20 Å². The molecule has 0 bridgehead atoms. The minimum Gasteiger partial charge on any atom is -0.452 e. The van der Waals surface area contributed by atoms with Gasteiger partial charge in [-0.3, -0.25) is 9.78 Å². The Morgan fingerprint density at radius 2 is 1.95 bits per heavy atom. The molecule has 0 amide bonds. The number of carbonyl (C=O) groups is 1. The molecule has 0 fully saturated rings. The van der Waals surface area contributed by atoms with Gasteiger partial charge < -0.3 is 4.42 Å². The molecule has 0 aliphatic rings. The van der Waals surface area contributed by atoms with Gasteiger partial charge in [0.1, 0.15) is 17.2 Å². The van der Waals surface area contributed by atoms with E-state index in [0.717, 1.165) is 12.3 Å². The Balaban J connectivity index is 2.14. The number of aryl methyl sites for hydroxylation is 1. The number of ketones is 1. The van der Waals surface area contributed by atoms with Crippen LogP contribution in [-0.2, 0) is 0 Å². The van der Waals surface area contributed by atoms with Crippen molar-refractivity contribution in [2.45, 2.75) is 6.92 Å². The Hall–Kier alpha value is -2.56. The number of fused-ring (bicyclic) bond motifs is 1. The van der Waals surface area contributed by atoms with Gasteiger partial charge in [-0.2, -0.15) is 0 Å². The molecule has 0 N–H and O–H groups in total. The number of aromatic nitrogens is 1. The normalized spacial score (nSPS) is 10.9. The fraction of sp³-hybridized carbons (Fsp3) is 0.0667. The summed E-state index contributed by atoms with van der Waals surface area (Å²) in [6.07, 6.45) is 2.27. The summed E-state index contributed by atoms with van der Waals surface area (Å²) in [5.74, 6) is -1.46. The van der Waals surface area contributed by atoms with E-state index in [0.29, 0.717) is 10.9 Å². The van der Waals surface area contributed by atoms with Gasteiger partial charge in [0.2, 0.25) is 5.78 Å². The van der Waals surface area contributed by atoms with Crippen molar-refractivity contribution >= 4 is 16.8 Å². The fourth-order valence-corrected chi connectivity index (χ4v) is 2.08. The number of pyridine rings is 1. The molecule has 3 rings (SSSR count). The molecule has 0 aliphatic heterocycles. The quantitative estimate of drug-likeness (QED) is 0.669. The topological polar surface area (TPSA) is 43.1 Å². The molecule has 3 aromatic rings. The second-order valence-corrected chi connectivity index (χ2v) is 4.42. The van der Waals surface area contributed by atoms with Crippen molar-refractivity contribution in [3.05, 3.63) is 65.2 Å². The van der Waals surface area contributed by atoms with Gasteiger partial charge in [-0.05, 0) is 25.1 Å². The molecule has 0 unspecified atom stereocenters. The van der Waals surface area contributed by atoms with Crippen molar-refractivity contribution in [1.29, 1.82) is 0 Å². The third-order valence-corrected chi connectivity index (χ3v) is 3.07. The monoisotopic (exact) mass is 273 g/mol. The zero-order valence-corrected chi connectivity index (χ0v) is 10.5. The number of halogens is 2. The predicted octanol–water partition coefficient (Wildman–Crippen LogP) is 3.65. The third-order valence-electron chi connectivity index (χ3n) is 3.07. The Morgan fingerprint density at radius 3 is 2.70 bits per heavy atom. The molecule has 0 aliphatic carbocycles. The average molecular weight is 273 g/mol. The first-order valence-corrected chi connectivity index (χ1v) is 5.90. The van der Waals surface area contributed by atoms with E-state index in [1.54, 1.807) is 13.0 Å². The molecule has 100 valence electrons. The van der Waals surface area contributed by atoms with Crippen molar-refractivity contribution in [2.75, 3.05) is 0 Å². The minimum absolute atomic E-state index is 0.0676. The van der Waals surface area contributed by atoms with Crippen LogP contribution in [0.15, 0.2) is 41.1 Å². The lowest BCUT2D eigenvalue weighted by Crippen LogP contribution is -2.02. The predicted molar refractivity (Wildman–Crippen MR) is 68.5 cm³/mol. The lowest BCUT2D eigenvalue weighted by molar-refractivity contribution is 0.101. The summed E-state index contributed by atoms with van der Waals surface area (Å²) in [6, 6.07) is 5.14. The molecule has 0 spiro atoms.